The highest BCUT2D eigenvalue weighted by atomic mass is 16.6. The summed E-state index contributed by atoms with van der Waals surface area (Å²) in [5.41, 5.74) is -0.700. The summed E-state index contributed by atoms with van der Waals surface area (Å²) in [4.78, 5) is 36.9. The molecule has 7 heteroatoms. The largest absolute Gasteiger partial charge is 0.464 e. The van der Waals surface area contributed by atoms with Gasteiger partial charge in [-0.15, -0.1) is 0 Å². The van der Waals surface area contributed by atoms with Gasteiger partial charge in [-0.1, -0.05) is 6.08 Å². The van der Waals surface area contributed by atoms with Crippen molar-refractivity contribution in [2.24, 2.45) is 0 Å². The fraction of sp³-hybridized carbons (Fsp3) is 0.667. The Labute approximate surface area is 130 Å². The van der Waals surface area contributed by atoms with Gasteiger partial charge in [0.15, 0.2) is 12.1 Å². The lowest BCUT2D eigenvalue weighted by Gasteiger charge is -2.36. The van der Waals surface area contributed by atoms with Crippen LogP contribution in [0.1, 0.15) is 34.6 Å². The first kappa shape index (κ1) is 18.0. The lowest BCUT2D eigenvalue weighted by Crippen LogP contribution is -2.55. The maximum absolute atomic E-state index is 12.3. The Balaban J connectivity index is 3.02. The number of hydrogen-bond donors (Lipinski definition) is 0. The van der Waals surface area contributed by atoms with Crippen LogP contribution >= 0.6 is 0 Å². The average molecular weight is 313 g/mol. The van der Waals surface area contributed by atoms with Crippen LogP contribution in [0.3, 0.4) is 0 Å². The molecule has 0 bridgehead atoms. The Kier molecular flexibility index (Phi) is 5.96. The van der Waals surface area contributed by atoms with Gasteiger partial charge in [0.05, 0.1) is 6.61 Å². The minimum Gasteiger partial charge on any atom is -0.464 e. The second kappa shape index (κ2) is 7.29. The molecule has 0 unspecified atom stereocenters. The summed E-state index contributed by atoms with van der Waals surface area (Å²) >= 11 is 0. The fourth-order valence-electron chi connectivity index (χ4n) is 2.00. The molecule has 0 saturated carbocycles. The highest BCUT2D eigenvalue weighted by Crippen LogP contribution is 2.20. The standard InChI is InChI=1S/C15H23NO6/c1-6-20-13(18)12-11(21-10(2)17)8-7-9-16(12)14(19)22-15(3,4)5/h7-8,11-12H,6,9H2,1-5H3/t11-,12-/m1/s1. The van der Waals surface area contributed by atoms with Gasteiger partial charge in [0.2, 0.25) is 0 Å². The van der Waals surface area contributed by atoms with E-state index >= 15 is 0 Å². The van der Waals surface area contributed by atoms with E-state index < -0.39 is 35.8 Å². The van der Waals surface area contributed by atoms with E-state index in [9.17, 15) is 14.4 Å². The Bertz CT molecular complexity index is 465. The third-order valence-electron chi connectivity index (χ3n) is 2.73. The summed E-state index contributed by atoms with van der Waals surface area (Å²) in [7, 11) is 0. The van der Waals surface area contributed by atoms with E-state index in [-0.39, 0.29) is 13.2 Å². The van der Waals surface area contributed by atoms with E-state index in [0.717, 1.165) is 0 Å². The summed E-state index contributed by atoms with van der Waals surface area (Å²) in [5, 5.41) is 0. The Morgan fingerprint density at radius 3 is 2.41 bits per heavy atom. The number of esters is 2. The lowest BCUT2D eigenvalue weighted by atomic mass is 10.1. The summed E-state index contributed by atoms with van der Waals surface area (Å²) in [5.74, 6) is -1.18. The summed E-state index contributed by atoms with van der Waals surface area (Å²) in [6, 6.07) is -1.05. The van der Waals surface area contributed by atoms with E-state index in [0.29, 0.717) is 0 Å². The molecule has 0 spiro atoms. The molecule has 22 heavy (non-hydrogen) atoms. The average Bonchev–Trinajstić information content (AvgIpc) is 2.35. The minimum atomic E-state index is -1.05. The zero-order valence-corrected chi connectivity index (χ0v) is 13.6. The zero-order chi connectivity index (χ0) is 16.9. The van der Waals surface area contributed by atoms with Crippen molar-refractivity contribution in [2.75, 3.05) is 13.2 Å². The highest BCUT2D eigenvalue weighted by Gasteiger charge is 2.41. The van der Waals surface area contributed by atoms with E-state index in [1.54, 1.807) is 39.8 Å². The molecule has 7 nitrogen and oxygen atoms in total. The van der Waals surface area contributed by atoms with Gasteiger partial charge in [-0.25, -0.2) is 9.59 Å². The van der Waals surface area contributed by atoms with Gasteiger partial charge in [0.1, 0.15) is 5.60 Å². The van der Waals surface area contributed by atoms with Gasteiger partial charge in [-0.2, -0.15) is 0 Å². The normalized spacial score (nSPS) is 21.2. The molecule has 0 N–H and O–H groups in total. The van der Waals surface area contributed by atoms with Crippen LogP contribution in [0.4, 0.5) is 4.79 Å². The van der Waals surface area contributed by atoms with E-state index in [4.69, 9.17) is 14.2 Å². The van der Waals surface area contributed by atoms with Crippen LogP contribution in [0.15, 0.2) is 12.2 Å². The van der Waals surface area contributed by atoms with Gasteiger partial charge in [-0.3, -0.25) is 9.69 Å². The predicted octanol–water partition coefficient (Wildman–Crippen LogP) is 1.66. The topological polar surface area (TPSA) is 82.1 Å². The van der Waals surface area contributed by atoms with Crippen LogP contribution in [0.2, 0.25) is 0 Å². The molecule has 0 aromatic rings. The first-order valence-corrected chi connectivity index (χ1v) is 7.16. The maximum Gasteiger partial charge on any atom is 0.411 e. The van der Waals surface area contributed by atoms with Crippen molar-refractivity contribution in [3.05, 3.63) is 12.2 Å². The highest BCUT2D eigenvalue weighted by molar-refractivity contribution is 5.83. The SMILES string of the molecule is CCOC(=O)[C@H]1[C@H](OC(C)=O)C=CCN1C(=O)OC(C)(C)C. The molecule has 0 radical (unpaired) electrons. The number of rotatable bonds is 3. The molecule has 1 amide bonds. The summed E-state index contributed by atoms with van der Waals surface area (Å²) in [6.45, 7) is 8.43. The van der Waals surface area contributed by atoms with Crippen LogP contribution in [-0.2, 0) is 23.8 Å². The molecule has 0 fully saturated rings. The predicted molar refractivity (Wildman–Crippen MR) is 78.1 cm³/mol. The van der Waals surface area contributed by atoms with Crippen molar-refractivity contribution in [3.63, 3.8) is 0 Å². The second-order valence-electron chi connectivity index (χ2n) is 5.83. The number of carbonyl (C=O) groups excluding carboxylic acids is 3. The van der Waals surface area contributed by atoms with Gasteiger partial charge in [0, 0.05) is 13.5 Å². The van der Waals surface area contributed by atoms with Crippen molar-refractivity contribution >= 4 is 18.0 Å². The summed E-state index contributed by atoms with van der Waals surface area (Å²) < 4.78 is 15.4. The number of ether oxygens (including phenoxy) is 3. The monoisotopic (exact) mass is 313 g/mol. The Morgan fingerprint density at radius 2 is 1.91 bits per heavy atom. The molecule has 1 aliphatic rings. The van der Waals surface area contributed by atoms with E-state index in [1.165, 1.54) is 11.8 Å². The number of carbonyl (C=O) groups is 3. The van der Waals surface area contributed by atoms with Crippen molar-refractivity contribution < 1.29 is 28.6 Å². The third-order valence-corrected chi connectivity index (χ3v) is 2.73. The Morgan fingerprint density at radius 1 is 1.27 bits per heavy atom. The molecule has 0 aliphatic carbocycles. The van der Waals surface area contributed by atoms with Gasteiger partial charge < -0.3 is 14.2 Å². The third kappa shape index (κ3) is 5.05. The minimum absolute atomic E-state index is 0.161. The van der Waals surface area contributed by atoms with Gasteiger partial charge in [0.25, 0.3) is 0 Å². The smallest absolute Gasteiger partial charge is 0.411 e. The lowest BCUT2D eigenvalue weighted by molar-refractivity contribution is -0.159. The van der Waals surface area contributed by atoms with Crippen molar-refractivity contribution in [1.82, 2.24) is 4.90 Å². The van der Waals surface area contributed by atoms with E-state index in [2.05, 4.69) is 0 Å². The first-order valence-electron chi connectivity index (χ1n) is 7.16. The zero-order valence-electron chi connectivity index (χ0n) is 13.6. The van der Waals surface area contributed by atoms with Gasteiger partial charge in [-0.05, 0) is 33.8 Å². The van der Waals surface area contributed by atoms with Crippen LogP contribution in [0.25, 0.3) is 0 Å². The van der Waals surface area contributed by atoms with Crippen molar-refractivity contribution in [1.29, 1.82) is 0 Å². The fourth-order valence-corrected chi connectivity index (χ4v) is 2.00. The molecule has 0 aromatic heterocycles. The molecule has 0 aromatic carbocycles. The Hall–Kier alpha value is -2.05. The molecular formula is C15H23NO6. The van der Waals surface area contributed by atoms with Crippen molar-refractivity contribution in [3.8, 4) is 0 Å². The van der Waals surface area contributed by atoms with Crippen molar-refractivity contribution in [2.45, 2.75) is 52.4 Å². The number of amides is 1. The number of nitrogens with zero attached hydrogens (tertiary/aromatic N) is 1. The van der Waals surface area contributed by atoms with Crippen LogP contribution in [-0.4, -0.2) is 53.8 Å². The van der Waals surface area contributed by atoms with Crippen LogP contribution in [0.5, 0.6) is 0 Å². The van der Waals surface area contributed by atoms with Crippen LogP contribution < -0.4 is 0 Å². The molecule has 1 rings (SSSR count). The molecule has 1 heterocycles. The molecule has 124 valence electrons. The molecular weight excluding hydrogens is 290 g/mol. The maximum atomic E-state index is 12.3. The number of hydrogen-bond acceptors (Lipinski definition) is 6. The molecule has 1 aliphatic heterocycles. The second-order valence-corrected chi connectivity index (χ2v) is 5.83. The quantitative estimate of drug-likeness (QED) is 0.448. The molecule has 0 saturated heterocycles. The van der Waals surface area contributed by atoms with Crippen LogP contribution in [0, 0.1) is 0 Å². The molecule has 2 atom stereocenters. The summed E-state index contributed by atoms with van der Waals surface area (Å²) in [6.07, 6.45) is 1.67. The van der Waals surface area contributed by atoms with E-state index in [1.807, 2.05) is 0 Å². The first-order chi connectivity index (χ1) is 10.2. The van der Waals surface area contributed by atoms with Gasteiger partial charge >= 0.3 is 18.0 Å².